The molecule has 5 nitrogen and oxygen atoms in total. The Balaban J connectivity index is 1.88. The Morgan fingerprint density at radius 1 is 1.00 bits per heavy atom. The van der Waals surface area contributed by atoms with E-state index in [1.807, 2.05) is 6.92 Å². The van der Waals surface area contributed by atoms with Crippen LogP contribution in [0, 0.1) is 13.8 Å². The van der Waals surface area contributed by atoms with Crippen molar-refractivity contribution in [1.29, 1.82) is 0 Å². The highest BCUT2D eigenvalue weighted by Crippen LogP contribution is 2.30. The van der Waals surface area contributed by atoms with Gasteiger partial charge in [-0.25, -0.2) is 8.42 Å². The van der Waals surface area contributed by atoms with Crippen LogP contribution in [-0.4, -0.2) is 20.9 Å². The number of amides is 1. The minimum Gasteiger partial charge on any atom is -0.350 e. The van der Waals surface area contributed by atoms with Crippen molar-refractivity contribution in [3.63, 3.8) is 0 Å². The quantitative estimate of drug-likeness (QED) is 0.457. The lowest BCUT2D eigenvalue weighted by molar-refractivity contribution is -0.137. The van der Waals surface area contributed by atoms with Crippen LogP contribution in [0.5, 0.6) is 0 Å². The number of aryl methyl sites for hydroxylation is 2. The van der Waals surface area contributed by atoms with Gasteiger partial charge in [0.1, 0.15) is 6.54 Å². The monoisotopic (exact) mass is 510 g/mol. The van der Waals surface area contributed by atoms with Gasteiger partial charge in [0, 0.05) is 11.6 Å². The lowest BCUT2D eigenvalue weighted by atomic mass is 10.1. The van der Waals surface area contributed by atoms with Gasteiger partial charge in [0.25, 0.3) is 10.0 Å². The summed E-state index contributed by atoms with van der Waals surface area (Å²) in [6.07, 6.45) is -4.51. The average Bonchev–Trinajstić information content (AvgIpc) is 2.77. The number of carbonyl (C=O) groups is 1. The molecule has 0 saturated carbocycles. The van der Waals surface area contributed by atoms with Gasteiger partial charge in [0.15, 0.2) is 0 Å². The fourth-order valence-corrected chi connectivity index (χ4v) is 4.88. The molecule has 0 aliphatic carbocycles. The zero-order valence-corrected chi connectivity index (χ0v) is 19.9. The van der Waals surface area contributed by atoms with Crippen molar-refractivity contribution in [3.8, 4) is 0 Å². The Labute approximate surface area is 201 Å². The lowest BCUT2D eigenvalue weighted by Crippen LogP contribution is -2.41. The number of carbonyl (C=O) groups excluding carboxylic acids is 1. The molecule has 0 heterocycles. The van der Waals surface area contributed by atoms with E-state index >= 15 is 0 Å². The van der Waals surface area contributed by atoms with Crippen LogP contribution in [0.1, 0.15) is 22.3 Å². The zero-order valence-electron chi connectivity index (χ0n) is 18.4. The van der Waals surface area contributed by atoms with E-state index in [-0.39, 0.29) is 27.7 Å². The van der Waals surface area contributed by atoms with E-state index in [9.17, 15) is 26.4 Å². The average molecular weight is 511 g/mol. The fourth-order valence-electron chi connectivity index (χ4n) is 3.23. The summed E-state index contributed by atoms with van der Waals surface area (Å²) >= 11 is 6.09. The van der Waals surface area contributed by atoms with Crippen LogP contribution in [-0.2, 0) is 27.5 Å². The number of rotatable bonds is 7. The largest absolute Gasteiger partial charge is 0.416 e. The van der Waals surface area contributed by atoms with Crippen molar-refractivity contribution >= 4 is 33.2 Å². The molecule has 0 aliphatic heterocycles. The van der Waals surface area contributed by atoms with Crippen LogP contribution >= 0.6 is 11.6 Å². The van der Waals surface area contributed by atoms with Gasteiger partial charge in [-0.05, 0) is 61.4 Å². The van der Waals surface area contributed by atoms with Crippen LogP contribution in [0.3, 0.4) is 0 Å². The summed E-state index contributed by atoms with van der Waals surface area (Å²) in [5.41, 5.74) is 1.06. The molecule has 10 heteroatoms. The highest BCUT2D eigenvalue weighted by molar-refractivity contribution is 7.92. The summed E-state index contributed by atoms with van der Waals surface area (Å²) < 4.78 is 66.7. The topological polar surface area (TPSA) is 66.5 Å². The van der Waals surface area contributed by atoms with Crippen molar-refractivity contribution in [2.75, 3.05) is 10.8 Å². The van der Waals surface area contributed by atoms with Crippen molar-refractivity contribution in [1.82, 2.24) is 5.32 Å². The molecule has 0 aliphatic rings. The molecule has 1 N–H and O–H groups in total. The molecule has 0 fully saturated rings. The fraction of sp³-hybridized carbons (Fsp3) is 0.208. The summed E-state index contributed by atoms with van der Waals surface area (Å²) in [5.74, 6) is -0.688. The van der Waals surface area contributed by atoms with Gasteiger partial charge in [-0.15, -0.1) is 0 Å². The summed E-state index contributed by atoms with van der Waals surface area (Å²) in [7, 11) is -4.15. The highest BCUT2D eigenvalue weighted by atomic mass is 35.5. The van der Waals surface area contributed by atoms with Gasteiger partial charge in [-0.3, -0.25) is 9.10 Å². The Bertz CT molecular complexity index is 1290. The number of sulfonamides is 1. The third-order valence-electron chi connectivity index (χ3n) is 5.08. The first-order valence-corrected chi connectivity index (χ1v) is 12.0. The summed E-state index contributed by atoms with van der Waals surface area (Å²) in [4.78, 5) is 12.7. The number of nitrogens with zero attached hydrogens (tertiary/aromatic N) is 1. The summed E-state index contributed by atoms with van der Waals surface area (Å²) in [6.45, 7) is 2.71. The van der Waals surface area contributed by atoms with Crippen LogP contribution < -0.4 is 9.62 Å². The lowest BCUT2D eigenvalue weighted by Gasteiger charge is -2.26. The van der Waals surface area contributed by atoms with Crippen molar-refractivity contribution in [2.24, 2.45) is 0 Å². The normalized spacial score (nSPS) is 11.8. The number of anilines is 1. The summed E-state index contributed by atoms with van der Waals surface area (Å²) in [5, 5.41) is 2.79. The highest BCUT2D eigenvalue weighted by Gasteiger charge is 2.31. The molecule has 180 valence electrons. The van der Waals surface area contributed by atoms with E-state index in [0.717, 1.165) is 22.0 Å². The molecule has 3 aromatic carbocycles. The smallest absolute Gasteiger partial charge is 0.350 e. The van der Waals surface area contributed by atoms with E-state index in [4.69, 9.17) is 11.6 Å². The van der Waals surface area contributed by atoms with Crippen LogP contribution in [0.15, 0.2) is 71.6 Å². The molecule has 3 aromatic rings. The van der Waals surface area contributed by atoms with Crippen molar-refractivity contribution in [3.05, 3.63) is 94.0 Å². The molecule has 0 saturated heterocycles. The number of nitrogens with one attached hydrogen (secondary N) is 1. The molecule has 3 rings (SSSR count). The molecule has 34 heavy (non-hydrogen) atoms. The molecule has 0 radical (unpaired) electrons. The van der Waals surface area contributed by atoms with Gasteiger partial charge in [-0.2, -0.15) is 13.2 Å². The van der Waals surface area contributed by atoms with E-state index in [1.54, 1.807) is 31.2 Å². The maximum Gasteiger partial charge on any atom is 0.416 e. The number of benzene rings is 3. The zero-order chi connectivity index (χ0) is 25.1. The minimum absolute atomic E-state index is 0.0110. The van der Waals surface area contributed by atoms with Crippen molar-refractivity contribution < 1.29 is 26.4 Å². The van der Waals surface area contributed by atoms with Crippen LogP contribution in [0.2, 0.25) is 5.02 Å². The molecule has 0 spiro atoms. The second-order valence-corrected chi connectivity index (χ2v) is 10.0. The number of hydrogen-bond donors (Lipinski definition) is 1. The van der Waals surface area contributed by atoms with Crippen molar-refractivity contribution in [2.45, 2.75) is 31.5 Å². The number of alkyl halides is 3. The summed E-state index contributed by atoms with van der Waals surface area (Å²) in [6, 6.07) is 15.4. The molecule has 0 atom stereocenters. The molecular weight excluding hydrogens is 489 g/mol. The molecule has 1 amide bonds. The van der Waals surface area contributed by atoms with Crippen LogP contribution in [0.4, 0.5) is 18.9 Å². The number of hydrogen-bond acceptors (Lipinski definition) is 3. The predicted molar refractivity (Wildman–Crippen MR) is 125 cm³/mol. The van der Waals surface area contributed by atoms with Gasteiger partial charge in [0.05, 0.1) is 16.1 Å². The maximum atomic E-state index is 13.5. The molecular formula is C24H22ClF3N2O3S. The van der Waals surface area contributed by atoms with Gasteiger partial charge >= 0.3 is 6.18 Å². The second-order valence-electron chi connectivity index (χ2n) is 7.73. The third kappa shape index (κ3) is 6.09. The van der Waals surface area contributed by atoms with E-state index in [2.05, 4.69) is 5.32 Å². The second kappa shape index (κ2) is 10.1. The Hall–Kier alpha value is -3.04. The van der Waals surface area contributed by atoms with Gasteiger partial charge < -0.3 is 5.32 Å². The van der Waals surface area contributed by atoms with E-state index < -0.39 is 34.2 Å². The Morgan fingerprint density at radius 2 is 1.68 bits per heavy atom. The predicted octanol–water partition coefficient (Wildman–Crippen LogP) is 5.49. The SMILES string of the molecule is Cc1ccc(S(=O)(=O)N(CC(=O)NCc2cccc(C(F)(F)F)c2)c2cc(Cl)ccc2C)cc1. The van der Waals surface area contributed by atoms with Gasteiger partial charge in [0.2, 0.25) is 5.91 Å². The number of halogens is 4. The minimum atomic E-state index is -4.51. The first-order chi connectivity index (χ1) is 15.9. The molecule has 0 bridgehead atoms. The first-order valence-electron chi connectivity index (χ1n) is 10.2. The standard InChI is InChI=1S/C24H22ClF3N2O3S/c1-16-6-10-21(11-7-16)34(32,33)30(22-13-20(25)9-8-17(22)2)15-23(31)29-14-18-4-3-5-19(12-18)24(26,27)28/h3-13H,14-15H2,1-2H3,(H,29,31). The van der Waals surface area contributed by atoms with E-state index in [1.165, 1.54) is 30.3 Å². The van der Waals surface area contributed by atoms with E-state index in [0.29, 0.717) is 5.56 Å². The van der Waals surface area contributed by atoms with Gasteiger partial charge in [-0.1, -0.05) is 47.5 Å². The molecule has 0 aromatic heterocycles. The maximum absolute atomic E-state index is 13.5. The third-order valence-corrected chi connectivity index (χ3v) is 7.09. The Kier molecular flexibility index (Phi) is 7.57. The molecule has 0 unspecified atom stereocenters. The van der Waals surface area contributed by atoms with Crippen LogP contribution in [0.25, 0.3) is 0 Å². The Morgan fingerprint density at radius 3 is 2.32 bits per heavy atom. The first kappa shape index (κ1) is 25.6.